The van der Waals surface area contributed by atoms with Crippen molar-refractivity contribution in [3.05, 3.63) is 29.6 Å². The van der Waals surface area contributed by atoms with E-state index in [0.29, 0.717) is 32.0 Å². The van der Waals surface area contributed by atoms with Crippen molar-refractivity contribution < 1.29 is 14.2 Å². The Kier molecular flexibility index (Phi) is 5.19. The summed E-state index contributed by atoms with van der Waals surface area (Å²) < 4.78 is 19.8. The van der Waals surface area contributed by atoms with Crippen LogP contribution in [0.4, 0.5) is 10.1 Å². The van der Waals surface area contributed by atoms with E-state index in [2.05, 4.69) is 26.1 Å². The number of hydrogen-bond acceptors (Lipinski definition) is 4. The summed E-state index contributed by atoms with van der Waals surface area (Å²) in [6.45, 7) is 8.36. The molecule has 0 spiro atoms. The topological polar surface area (TPSA) is 44.7 Å². The molecule has 2 N–H and O–H groups in total. The van der Waals surface area contributed by atoms with Crippen LogP contribution in [0, 0.1) is 5.82 Å². The maximum Gasteiger partial charge on any atom is 0.146 e. The molecule has 0 aromatic heterocycles. The third-order valence-electron chi connectivity index (χ3n) is 3.61. The molecule has 2 rings (SSSR count). The zero-order valence-electron chi connectivity index (χ0n) is 13.0. The lowest BCUT2D eigenvalue weighted by Gasteiger charge is -2.38. The number of anilines is 1. The van der Waals surface area contributed by atoms with E-state index in [4.69, 9.17) is 4.74 Å². The Morgan fingerprint density at radius 2 is 2.19 bits per heavy atom. The number of morpholine rings is 1. The van der Waals surface area contributed by atoms with Crippen LogP contribution in [0.25, 0.3) is 0 Å². The van der Waals surface area contributed by atoms with Gasteiger partial charge in [-0.15, -0.1) is 0 Å². The highest BCUT2D eigenvalue weighted by molar-refractivity contribution is 5.56. The van der Waals surface area contributed by atoms with Crippen LogP contribution in [0.1, 0.15) is 26.3 Å². The molecule has 0 bridgehead atoms. The molecule has 1 saturated heterocycles. The Balaban J connectivity index is 2.28. The first-order valence-corrected chi connectivity index (χ1v) is 7.40. The van der Waals surface area contributed by atoms with Crippen molar-refractivity contribution in [2.45, 2.75) is 38.9 Å². The van der Waals surface area contributed by atoms with E-state index >= 15 is 0 Å². The lowest BCUT2D eigenvalue weighted by Crippen LogP contribution is -2.48. The van der Waals surface area contributed by atoms with Crippen LogP contribution < -0.4 is 10.2 Å². The highest BCUT2D eigenvalue weighted by Crippen LogP contribution is 2.28. The Morgan fingerprint density at radius 1 is 1.43 bits per heavy atom. The highest BCUT2D eigenvalue weighted by atomic mass is 19.1. The SMILES string of the molecule is CC(C)(C)NCc1cccc(F)c1N1CCOCC1CO. The van der Waals surface area contributed by atoms with Gasteiger partial charge in [-0.25, -0.2) is 4.39 Å². The molecule has 5 heteroatoms. The summed E-state index contributed by atoms with van der Waals surface area (Å²) in [5.74, 6) is -0.247. The van der Waals surface area contributed by atoms with E-state index in [1.807, 2.05) is 11.0 Å². The smallest absolute Gasteiger partial charge is 0.146 e. The van der Waals surface area contributed by atoms with Gasteiger partial charge in [0.25, 0.3) is 0 Å². The third-order valence-corrected chi connectivity index (χ3v) is 3.61. The number of rotatable bonds is 4. The molecule has 1 aromatic rings. The second kappa shape index (κ2) is 6.73. The zero-order valence-corrected chi connectivity index (χ0v) is 13.0. The minimum atomic E-state index is -0.247. The second-order valence-corrected chi connectivity index (χ2v) is 6.46. The molecule has 1 heterocycles. The van der Waals surface area contributed by atoms with Crippen LogP contribution in [0.5, 0.6) is 0 Å². The fourth-order valence-electron chi connectivity index (χ4n) is 2.49. The van der Waals surface area contributed by atoms with Crippen molar-refractivity contribution in [2.24, 2.45) is 0 Å². The van der Waals surface area contributed by atoms with Gasteiger partial charge in [-0.3, -0.25) is 0 Å². The van der Waals surface area contributed by atoms with Crippen molar-refractivity contribution in [3.8, 4) is 0 Å². The van der Waals surface area contributed by atoms with Crippen molar-refractivity contribution in [3.63, 3.8) is 0 Å². The van der Waals surface area contributed by atoms with Gasteiger partial charge in [0.15, 0.2) is 0 Å². The Bertz CT molecular complexity index is 474. The number of halogens is 1. The molecule has 1 unspecified atom stereocenters. The number of para-hydroxylation sites is 1. The first-order chi connectivity index (χ1) is 9.92. The number of aliphatic hydroxyl groups excluding tert-OH is 1. The molecule has 1 aromatic carbocycles. The summed E-state index contributed by atoms with van der Waals surface area (Å²) in [5, 5.41) is 12.9. The molecular weight excluding hydrogens is 271 g/mol. The van der Waals surface area contributed by atoms with Crippen molar-refractivity contribution in [1.29, 1.82) is 0 Å². The Hall–Kier alpha value is -1.17. The standard InChI is InChI=1S/C16H25FN2O2/c1-16(2,3)18-9-12-5-4-6-14(17)15(12)19-7-8-21-11-13(19)10-20/h4-6,13,18,20H,7-11H2,1-3H3. The average molecular weight is 296 g/mol. The van der Waals surface area contributed by atoms with Gasteiger partial charge < -0.3 is 20.1 Å². The fourth-order valence-corrected chi connectivity index (χ4v) is 2.49. The van der Waals surface area contributed by atoms with Gasteiger partial charge in [-0.1, -0.05) is 12.1 Å². The van der Waals surface area contributed by atoms with Crippen LogP contribution in [0.15, 0.2) is 18.2 Å². The van der Waals surface area contributed by atoms with Crippen LogP contribution in [-0.4, -0.2) is 43.1 Å². The molecule has 1 aliphatic heterocycles. The summed E-state index contributed by atoms with van der Waals surface area (Å²) >= 11 is 0. The molecule has 0 saturated carbocycles. The minimum Gasteiger partial charge on any atom is -0.394 e. The van der Waals surface area contributed by atoms with Gasteiger partial charge >= 0.3 is 0 Å². The van der Waals surface area contributed by atoms with Gasteiger partial charge in [0.05, 0.1) is 31.5 Å². The van der Waals surface area contributed by atoms with Gasteiger partial charge in [-0.05, 0) is 32.4 Å². The van der Waals surface area contributed by atoms with Crippen LogP contribution in [0.3, 0.4) is 0 Å². The highest BCUT2D eigenvalue weighted by Gasteiger charge is 2.27. The number of aliphatic hydroxyl groups is 1. The molecule has 1 atom stereocenters. The number of nitrogens with zero attached hydrogens (tertiary/aromatic N) is 1. The van der Waals surface area contributed by atoms with Gasteiger partial charge in [-0.2, -0.15) is 0 Å². The van der Waals surface area contributed by atoms with Gasteiger partial charge in [0.1, 0.15) is 5.82 Å². The summed E-state index contributed by atoms with van der Waals surface area (Å²) in [5.41, 5.74) is 1.45. The molecule has 0 radical (unpaired) electrons. The zero-order chi connectivity index (χ0) is 15.5. The predicted molar refractivity (Wildman–Crippen MR) is 82.0 cm³/mol. The maximum atomic E-state index is 14.4. The fraction of sp³-hybridized carbons (Fsp3) is 0.625. The van der Waals surface area contributed by atoms with Crippen molar-refractivity contribution >= 4 is 5.69 Å². The normalized spacial score (nSPS) is 19.9. The predicted octanol–water partition coefficient (Wildman–Crippen LogP) is 1.91. The number of ether oxygens (including phenoxy) is 1. The van der Waals surface area contributed by atoms with E-state index in [1.54, 1.807) is 6.07 Å². The van der Waals surface area contributed by atoms with E-state index in [1.165, 1.54) is 6.07 Å². The minimum absolute atomic E-state index is 0.0367. The molecule has 0 aliphatic carbocycles. The lowest BCUT2D eigenvalue weighted by atomic mass is 10.1. The Labute approximate surface area is 125 Å². The first kappa shape index (κ1) is 16.2. The summed E-state index contributed by atoms with van der Waals surface area (Å²) in [6.07, 6.45) is 0. The Morgan fingerprint density at radius 3 is 2.86 bits per heavy atom. The van der Waals surface area contributed by atoms with E-state index in [9.17, 15) is 9.50 Å². The summed E-state index contributed by atoms with van der Waals surface area (Å²) in [7, 11) is 0. The molecule has 21 heavy (non-hydrogen) atoms. The van der Waals surface area contributed by atoms with E-state index in [0.717, 1.165) is 5.56 Å². The third kappa shape index (κ3) is 4.15. The number of hydrogen-bond donors (Lipinski definition) is 2. The van der Waals surface area contributed by atoms with E-state index < -0.39 is 0 Å². The van der Waals surface area contributed by atoms with Gasteiger partial charge in [0.2, 0.25) is 0 Å². The quantitative estimate of drug-likeness (QED) is 0.891. The second-order valence-electron chi connectivity index (χ2n) is 6.46. The summed E-state index contributed by atoms with van der Waals surface area (Å²) in [6, 6.07) is 4.94. The monoisotopic (exact) mass is 296 g/mol. The largest absolute Gasteiger partial charge is 0.394 e. The molecule has 4 nitrogen and oxygen atoms in total. The van der Waals surface area contributed by atoms with Gasteiger partial charge in [0, 0.05) is 18.6 Å². The molecular formula is C16H25FN2O2. The number of nitrogens with one attached hydrogen (secondary N) is 1. The molecule has 0 amide bonds. The van der Waals surface area contributed by atoms with Crippen molar-refractivity contribution in [1.82, 2.24) is 5.32 Å². The number of benzene rings is 1. The maximum absolute atomic E-state index is 14.4. The van der Waals surface area contributed by atoms with Crippen molar-refractivity contribution in [2.75, 3.05) is 31.3 Å². The summed E-state index contributed by atoms with van der Waals surface area (Å²) in [4.78, 5) is 1.93. The average Bonchev–Trinajstić information content (AvgIpc) is 2.44. The van der Waals surface area contributed by atoms with Crippen LogP contribution in [-0.2, 0) is 11.3 Å². The lowest BCUT2D eigenvalue weighted by molar-refractivity contribution is 0.0722. The molecule has 118 valence electrons. The van der Waals surface area contributed by atoms with E-state index in [-0.39, 0.29) is 24.0 Å². The van der Waals surface area contributed by atoms with Crippen LogP contribution >= 0.6 is 0 Å². The molecule has 1 aliphatic rings. The first-order valence-electron chi connectivity index (χ1n) is 7.40. The molecule has 1 fully saturated rings. The van der Waals surface area contributed by atoms with Crippen LogP contribution in [0.2, 0.25) is 0 Å².